The number of benzene rings is 2. The Balaban J connectivity index is 1.67. The van der Waals surface area contributed by atoms with E-state index in [0.29, 0.717) is 12.1 Å². The number of hydrogen-bond donors (Lipinski definition) is 2. The Morgan fingerprint density at radius 2 is 1.80 bits per heavy atom. The summed E-state index contributed by atoms with van der Waals surface area (Å²) >= 11 is 6.21. The zero-order valence-electron chi connectivity index (χ0n) is 11.4. The molecule has 1 heterocycles. The van der Waals surface area contributed by atoms with E-state index in [0.717, 1.165) is 30.1 Å². The van der Waals surface area contributed by atoms with Gasteiger partial charge in [0.2, 0.25) is 0 Å². The Hall–Kier alpha value is -1.35. The standard InChI is InChI=1S/C17H19ClN2/c18-15-9-5-4-8-14(15)12-20-16-10-11-19-17(16)13-6-2-1-3-7-13/h1-9,16-17,19-20H,10-12H2/t16-,17-/m0/s1. The zero-order chi connectivity index (χ0) is 13.8. The molecule has 0 saturated carbocycles. The van der Waals surface area contributed by atoms with Gasteiger partial charge in [-0.15, -0.1) is 0 Å². The molecule has 20 heavy (non-hydrogen) atoms. The van der Waals surface area contributed by atoms with Crippen LogP contribution in [0, 0.1) is 0 Å². The lowest BCUT2D eigenvalue weighted by molar-refractivity contribution is 0.461. The van der Waals surface area contributed by atoms with E-state index < -0.39 is 0 Å². The average Bonchev–Trinajstić information content (AvgIpc) is 2.96. The summed E-state index contributed by atoms with van der Waals surface area (Å²) in [5.41, 5.74) is 2.51. The molecule has 0 bridgehead atoms. The summed E-state index contributed by atoms with van der Waals surface area (Å²) in [5, 5.41) is 8.05. The maximum atomic E-state index is 6.21. The van der Waals surface area contributed by atoms with Crippen LogP contribution in [0.1, 0.15) is 23.6 Å². The van der Waals surface area contributed by atoms with Crippen LogP contribution in [0.3, 0.4) is 0 Å². The summed E-state index contributed by atoms with van der Waals surface area (Å²) in [4.78, 5) is 0. The first-order chi connectivity index (χ1) is 9.84. The summed E-state index contributed by atoms with van der Waals surface area (Å²) in [6.07, 6.45) is 1.14. The van der Waals surface area contributed by atoms with Crippen molar-refractivity contribution in [1.82, 2.24) is 10.6 Å². The van der Waals surface area contributed by atoms with Crippen LogP contribution >= 0.6 is 11.6 Å². The molecule has 2 aromatic rings. The Morgan fingerprint density at radius 3 is 2.60 bits per heavy atom. The SMILES string of the molecule is Clc1ccccc1CN[C@H]1CCN[C@H]1c1ccccc1. The van der Waals surface area contributed by atoms with Crippen molar-refractivity contribution < 1.29 is 0 Å². The number of halogens is 1. The highest BCUT2D eigenvalue weighted by Crippen LogP contribution is 2.24. The van der Waals surface area contributed by atoms with E-state index in [4.69, 9.17) is 11.6 Å². The summed E-state index contributed by atoms with van der Waals surface area (Å²) in [7, 11) is 0. The van der Waals surface area contributed by atoms with Gasteiger partial charge in [-0.05, 0) is 30.2 Å². The van der Waals surface area contributed by atoms with Crippen LogP contribution < -0.4 is 10.6 Å². The molecule has 1 saturated heterocycles. The quantitative estimate of drug-likeness (QED) is 0.898. The van der Waals surface area contributed by atoms with Gasteiger partial charge in [-0.25, -0.2) is 0 Å². The van der Waals surface area contributed by atoms with Crippen LogP contribution in [0.25, 0.3) is 0 Å². The fourth-order valence-corrected chi connectivity index (χ4v) is 3.02. The average molecular weight is 287 g/mol. The normalized spacial score (nSPS) is 22.1. The second kappa shape index (κ2) is 6.40. The lowest BCUT2D eigenvalue weighted by atomic mass is 10.0. The summed E-state index contributed by atoms with van der Waals surface area (Å²) in [6, 6.07) is 19.5. The molecule has 0 aromatic heterocycles. The van der Waals surface area contributed by atoms with Crippen molar-refractivity contribution in [1.29, 1.82) is 0 Å². The first kappa shape index (κ1) is 13.6. The molecular formula is C17H19ClN2. The molecule has 0 aliphatic carbocycles. The van der Waals surface area contributed by atoms with Crippen molar-refractivity contribution in [2.24, 2.45) is 0 Å². The Bertz CT molecular complexity index is 556. The third-order valence-corrected chi connectivity index (χ3v) is 4.26. The van der Waals surface area contributed by atoms with Crippen LogP contribution in [0.5, 0.6) is 0 Å². The highest BCUT2D eigenvalue weighted by atomic mass is 35.5. The highest BCUT2D eigenvalue weighted by Gasteiger charge is 2.27. The molecule has 0 unspecified atom stereocenters. The van der Waals surface area contributed by atoms with Crippen LogP contribution in [-0.2, 0) is 6.54 Å². The molecule has 1 aliphatic rings. The van der Waals surface area contributed by atoms with E-state index >= 15 is 0 Å². The molecular weight excluding hydrogens is 268 g/mol. The molecule has 2 atom stereocenters. The summed E-state index contributed by atoms with van der Waals surface area (Å²) < 4.78 is 0. The van der Waals surface area contributed by atoms with Crippen LogP contribution in [0.4, 0.5) is 0 Å². The monoisotopic (exact) mass is 286 g/mol. The molecule has 3 rings (SSSR count). The fraction of sp³-hybridized carbons (Fsp3) is 0.294. The van der Waals surface area contributed by atoms with Gasteiger partial charge in [0.1, 0.15) is 0 Å². The van der Waals surface area contributed by atoms with Gasteiger partial charge in [0.15, 0.2) is 0 Å². The third kappa shape index (κ3) is 3.04. The first-order valence-electron chi connectivity index (χ1n) is 7.10. The lowest BCUT2D eigenvalue weighted by Gasteiger charge is -2.21. The van der Waals surface area contributed by atoms with Gasteiger partial charge in [0, 0.05) is 23.7 Å². The maximum absolute atomic E-state index is 6.21. The van der Waals surface area contributed by atoms with Crippen molar-refractivity contribution in [2.75, 3.05) is 6.54 Å². The van der Waals surface area contributed by atoms with Gasteiger partial charge in [0.05, 0.1) is 0 Å². The Labute approximate surface area is 125 Å². The van der Waals surface area contributed by atoms with E-state index in [1.165, 1.54) is 5.56 Å². The number of rotatable bonds is 4. The minimum absolute atomic E-state index is 0.388. The molecule has 2 aromatic carbocycles. The Morgan fingerprint density at radius 1 is 1.05 bits per heavy atom. The molecule has 2 N–H and O–H groups in total. The molecule has 2 nitrogen and oxygen atoms in total. The first-order valence-corrected chi connectivity index (χ1v) is 7.47. The zero-order valence-corrected chi connectivity index (χ0v) is 12.1. The largest absolute Gasteiger partial charge is 0.309 e. The smallest absolute Gasteiger partial charge is 0.0476 e. The van der Waals surface area contributed by atoms with Gasteiger partial charge in [-0.1, -0.05) is 60.1 Å². The van der Waals surface area contributed by atoms with Gasteiger partial charge in [-0.2, -0.15) is 0 Å². The van der Waals surface area contributed by atoms with E-state index in [1.54, 1.807) is 0 Å². The van der Waals surface area contributed by atoms with Crippen molar-refractivity contribution >= 4 is 11.6 Å². The number of nitrogens with one attached hydrogen (secondary N) is 2. The van der Waals surface area contributed by atoms with E-state index in [2.05, 4.69) is 47.0 Å². The van der Waals surface area contributed by atoms with Gasteiger partial charge < -0.3 is 10.6 Å². The second-order valence-electron chi connectivity index (χ2n) is 5.21. The van der Waals surface area contributed by atoms with E-state index in [-0.39, 0.29) is 0 Å². The van der Waals surface area contributed by atoms with E-state index in [9.17, 15) is 0 Å². The van der Waals surface area contributed by atoms with Crippen molar-refractivity contribution in [3.8, 4) is 0 Å². The third-order valence-electron chi connectivity index (χ3n) is 3.89. The van der Waals surface area contributed by atoms with Crippen molar-refractivity contribution in [3.05, 3.63) is 70.7 Å². The number of hydrogen-bond acceptors (Lipinski definition) is 2. The summed E-state index contributed by atoms with van der Waals surface area (Å²) in [6.45, 7) is 1.87. The predicted octanol–water partition coefficient (Wildman–Crippen LogP) is 3.53. The Kier molecular flexibility index (Phi) is 4.36. The van der Waals surface area contributed by atoms with Crippen molar-refractivity contribution in [3.63, 3.8) is 0 Å². The topological polar surface area (TPSA) is 24.1 Å². The summed E-state index contributed by atoms with van der Waals surface area (Å²) in [5.74, 6) is 0. The van der Waals surface area contributed by atoms with Crippen molar-refractivity contribution in [2.45, 2.75) is 25.0 Å². The van der Waals surface area contributed by atoms with Gasteiger partial charge in [0.25, 0.3) is 0 Å². The second-order valence-corrected chi connectivity index (χ2v) is 5.62. The molecule has 1 fully saturated rings. The van der Waals surface area contributed by atoms with Crippen LogP contribution in [-0.4, -0.2) is 12.6 Å². The lowest BCUT2D eigenvalue weighted by Crippen LogP contribution is -2.33. The highest BCUT2D eigenvalue weighted by molar-refractivity contribution is 6.31. The minimum Gasteiger partial charge on any atom is -0.309 e. The molecule has 0 radical (unpaired) electrons. The van der Waals surface area contributed by atoms with Gasteiger partial charge >= 0.3 is 0 Å². The van der Waals surface area contributed by atoms with Gasteiger partial charge in [-0.3, -0.25) is 0 Å². The fourth-order valence-electron chi connectivity index (χ4n) is 2.82. The molecule has 3 heteroatoms. The molecule has 0 amide bonds. The van der Waals surface area contributed by atoms with Crippen LogP contribution in [0.15, 0.2) is 54.6 Å². The van der Waals surface area contributed by atoms with E-state index in [1.807, 2.05) is 18.2 Å². The molecule has 1 aliphatic heterocycles. The maximum Gasteiger partial charge on any atom is 0.0476 e. The minimum atomic E-state index is 0.388. The van der Waals surface area contributed by atoms with Crippen LogP contribution in [0.2, 0.25) is 5.02 Å². The predicted molar refractivity (Wildman–Crippen MR) is 83.9 cm³/mol. The molecule has 104 valence electrons. The molecule has 0 spiro atoms.